The molecule has 29 heavy (non-hydrogen) atoms. The summed E-state index contributed by atoms with van der Waals surface area (Å²) in [5.74, 6) is 1.92. The average Bonchev–Trinajstić information content (AvgIpc) is 3.58. The van der Waals surface area contributed by atoms with Crippen molar-refractivity contribution < 1.29 is 9.53 Å². The molecule has 1 aliphatic carbocycles. The predicted molar refractivity (Wildman–Crippen MR) is 114 cm³/mol. The minimum Gasteiger partial charge on any atom is -0.378 e. The van der Waals surface area contributed by atoms with Gasteiger partial charge in [-0.25, -0.2) is 4.98 Å². The van der Waals surface area contributed by atoms with E-state index in [2.05, 4.69) is 46.3 Å². The second kappa shape index (κ2) is 7.91. The molecular formula is C24H25N3O2. The molecule has 3 aromatic rings. The van der Waals surface area contributed by atoms with E-state index in [0.29, 0.717) is 18.1 Å². The van der Waals surface area contributed by atoms with Crippen LogP contribution in [0.3, 0.4) is 0 Å². The number of anilines is 1. The molecule has 2 aliphatic rings. The van der Waals surface area contributed by atoms with Crippen LogP contribution in [0.25, 0.3) is 22.2 Å². The van der Waals surface area contributed by atoms with Gasteiger partial charge in [0.1, 0.15) is 11.6 Å². The van der Waals surface area contributed by atoms with Crippen molar-refractivity contribution in [1.82, 2.24) is 9.97 Å². The summed E-state index contributed by atoms with van der Waals surface area (Å²) in [4.78, 5) is 23.7. The van der Waals surface area contributed by atoms with E-state index in [1.54, 1.807) is 0 Å². The molecule has 0 bridgehead atoms. The van der Waals surface area contributed by atoms with Gasteiger partial charge in [-0.15, -0.1) is 0 Å². The quantitative estimate of drug-likeness (QED) is 0.639. The number of hydrogen-bond acceptors (Lipinski definition) is 5. The van der Waals surface area contributed by atoms with Crippen LogP contribution in [0.15, 0.2) is 48.7 Å². The van der Waals surface area contributed by atoms with Gasteiger partial charge < -0.3 is 9.64 Å². The van der Waals surface area contributed by atoms with E-state index in [9.17, 15) is 4.79 Å². The number of ether oxygens (including phenoxy) is 1. The van der Waals surface area contributed by atoms with Gasteiger partial charge in [-0.3, -0.25) is 9.78 Å². The van der Waals surface area contributed by atoms with Crippen LogP contribution in [-0.4, -0.2) is 42.1 Å². The molecule has 5 nitrogen and oxygen atoms in total. The SMILES string of the molecule is O=C(Cc1ccc(-c2ccc3ncc(N4CCOCC4)nc3c2)cc1)CC1CC1. The van der Waals surface area contributed by atoms with Crippen LogP contribution in [0.2, 0.25) is 0 Å². The number of morpholine rings is 1. The minimum atomic E-state index is 0.358. The van der Waals surface area contributed by atoms with Gasteiger partial charge in [0, 0.05) is 25.9 Å². The second-order valence-corrected chi connectivity index (χ2v) is 8.09. The van der Waals surface area contributed by atoms with E-state index in [-0.39, 0.29) is 0 Å². The molecule has 148 valence electrons. The number of Topliss-reactive ketones (excluding diaryl/α,β-unsaturated/α-hetero) is 1. The highest BCUT2D eigenvalue weighted by atomic mass is 16.5. The molecule has 2 heterocycles. The van der Waals surface area contributed by atoms with E-state index >= 15 is 0 Å². The molecule has 5 heteroatoms. The number of hydrogen-bond donors (Lipinski definition) is 0. The van der Waals surface area contributed by atoms with E-state index in [1.165, 1.54) is 12.8 Å². The van der Waals surface area contributed by atoms with Crippen molar-refractivity contribution in [3.8, 4) is 11.1 Å². The summed E-state index contributed by atoms with van der Waals surface area (Å²) in [6, 6.07) is 14.5. The van der Waals surface area contributed by atoms with Gasteiger partial charge in [-0.05, 0) is 47.6 Å². The van der Waals surface area contributed by atoms with Crippen molar-refractivity contribution in [2.24, 2.45) is 5.92 Å². The Morgan fingerprint density at radius 3 is 2.52 bits per heavy atom. The third kappa shape index (κ3) is 4.30. The topological polar surface area (TPSA) is 55.3 Å². The van der Waals surface area contributed by atoms with E-state index in [4.69, 9.17) is 9.72 Å². The lowest BCUT2D eigenvalue weighted by Gasteiger charge is -2.27. The molecule has 1 aliphatic heterocycles. The fourth-order valence-corrected chi connectivity index (χ4v) is 3.88. The highest BCUT2D eigenvalue weighted by molar-refractivity contribution is 5.83. The fraction of sp³-hybridized carbons (Fsp3) is 0.375. The third-order valence-electron chi connectivity index (χ3n) is 5.77. The van der Waals surface area contributed by atoms with Crippen molar-refractivity contribution in [3.05, 3.63) is 54.2 Å². The number of ketones is 1. The highest BCUT2D eigenvalue weighted by Gasteiger charge is 2.24. The van der Waals surface area contributed by atoms with Crippen LogP contribution >= 0.6 is 0 Å². The lowest BCUT2D eigenvalue weighted by molar-refractivity contribution is -0.118. The normalized spacial score (nSPS) is 16.9. The number of fused-ring (bicyclic) bond motifs is 1. The molecule has 0 spiro atoms. The fourth-order valence-electron chi connectivity index (χ4n) is 3.88. The van der Waals surface area contributed by atoms with Crippen molar-refractivity contribution in [2.75, 3.05) is 31.2 Å². The molecule has 0 N–H and O–H groups in total. The van der Waals surface area contributed by atoms with Crippen molar-refractivity contribution in [2.45, 2.75) is 25.7 Å². The Morgan fingerprint density at radius 1 is 1.00 bits per heavy atom. The Kier molecular flexibility index (Phi) is 4.98. The van der Waals surface area contributed by atoms with Gasteiger partial charge in [0.2, 0.25) is 0 Å². The molecule has 0 amide bonds. The van der Waals surface area contributed by atoms with E-state index in [1.807, 2.05) is 12.3 Å². The summed E-state index contributed by atoms with van der Waals surface area (Å²) in [5.41, 5.74) is 5.13. The monoisotopic (exact) mass is 387 g/mol. The summed E-state index contributed by atoms with van der Waals surface area (Å²) in [6.45, 7) is 3.16. The van der Waals surface area contributed by atoms with Crippen molar-refractivity contribution in [3.63, 3.8) is 0 Å². The zero-order valence-corrected chi connectivity index (χ0v) is 16.5. The van der Waals surface area contributed by atoms with E-state index < -0.39 is 0 Å². The summed E-state index contributed by atoms with van der Waals surface area (Å²) in [7, 11) is 0. The first-order valence-electron chi connectivity index (χ1n) is 10.5. The Hall–Kier alpha value is -2.79. The van der Waals surface area contributed by atoms with Gasteiger partial charge >= 0.3 is 0 Å². The molecule has 1 saturated carbocycles. The van der Waals surface area contributed by atoms with E-state index in [0.717, 1.165) is 66.3 Å². The maximum Gasteiger partial charge on any atom is 0.148 e. The van der Waals surface area contributed by atoms with Crippen molar-refractivity contribution >= 4 is 22.6 Å². The molecule has 1 aromatic heterocycles. The molecule has 0 radical (unpaired) electrons. The number of aromatic nitrogens is 2. The lowest BCUT2D eigenvalue weighted by Crippen LogP contribution is -2.36. The third-order valence-corrected chi connectivity index (χ3v) is 5.77. The number of nitrogens with zero attached hydrogens (tertiary/aromatic N) is 3. The van der Waals surface area contributed by atoms with Crippen LogP contribution in [0.1, 0.15) is 24.8 Å². The first-order chi connectivity index (χ1) is 14.2. The second-order valence-electron chi connectivity index (χ2n) is 8.09. The Labute approximate surface area is 170 Å². The number of carbonyl (C=O) groups is 1. The van der Waals surface area contributed by atoms with Gasteiger partial charge in [0.05, 0.1) is 30.4 Å². The number of carbonyl (C=O) groups excluding carboxylic acids is 1. The zero-order valence-electron chi connectivity index (χ0n) is 16.5. The summed E-state index contributed by atoms with van der Waals surface area (Å²) >= 11 is 0. The average molecular weight is 387 g/mol. The highest BCUT2D eigenvalue weighted by Crippen LogP contribution is 2.33. The maximum atomic E-state index is 12.1. The molecule has 0 unspecified atom stereocenters. The van der Waals surface area contributed by atoms with Gasteiger partial charge in [0.15, 0.2) is 0 Å². The molecule has 2 aromatic carbocycles. The smallest absolute Gasteiger partial charge is 0.148 e. The zero-order chi connectivity index (χ0) is 19.6. The van der Waals surface area contributed by atoms with Crippen LogP contribution in [0.5, 0.6) is 0 Å². The minimum absolute atomic E-state index is 0.358. The van der Waals surface area contributed by atoms with Gasteiger partial charge in [-0.1, -0.05) is 30.3 Å². The molecular weight excluding hydrogens is 362 g/mol. The lowest BCUT2D eigenvalue weighted by atomic mass is 10.00. The first kappa shape index (κ1) is 18.3. The first-order valence-corrected chi connectivity index (χ1v) is 10.5. The van der Waals surface area contributed by atoms with Crippen LogP contribution < -0.4 is 4.90 Å². The molecule has 5 rings (SSSR count). The molecule has 0 atom stereocenters. The summed E-state index contributed by atoms with van der Waals surface area (Å²) < 4.78 is 5.43. The van der Waals surface area contributed by atoms with Crippen LogP contribution in [-0.2, 0) is 16.0 Å². The Bertz CT molecular complexity index is 1020. The standard InChI is InChI=1S/C24H25N3O2/c28-21(13-17-1-2-17)14-18-3-5-19(6-4-18)20-7-8-22-23(15-20)26-24(16-25-22)27-9-11-29-12-10-27/h3-8,15-17H,1-2,9-14H2. The Morgan fingerprint density at radius 2 is 1.76 bits per heavy atom. The molecule has 1 saturated heterocycles. The van der Waals surface area contributed by atoms with Crippen molar-refractivity contribution in [1.29, 1.82) is 0 Å². The van der Waals surface area contributed by atoms with Crippen LogP contribution in [0, 0.1) is 5.92 Å². The number of benzene rings is 2. The molecule has 2 fully saturated rings. The van der Waals surface area contributed by atoms with Crippen LogP contribution in [0.4, 0.5) is 5.82 Å². The van der Waals surface area contributed by atoms with Gasteiger partial charge in [0.25, 0.3) is 0 Å². The predicted octanol–water partition coefficient (Wildman–Crippen LogP) is 4.05. The van der Waals surface area contributed by atoms with Gasteiger partial charge in [-0.2, -0.15) is 0 Å². The summed E-state index contributed by atoms with van der Waals surface area (Å²) in [6.07, 6.45) is 5.59. The maximum absolute atomic E-state index is 12.1. The Balaban J connectivity index is 1.35. The summed E-state index contributed by atoms with van der Waals surface area (Å²) in [5, 5.41) is 0. The largest absolute Gasteiger partial charge is 0.378 e. The number of rotatable bonds is 6.